The van der Waals surface area contributed by atoms with Crippen molar-refractivity contribution in [2.75, 3.05) is 5.73 Å². The van der Waals surface area contributed by atoms with Crippen molar-refractivity contribution in [3.8, 4) is 0 Å². The van der Waals surface area contributed by atoms with Crippen molar-refractivity contribution in [1.29, 1.82) is 0 Å². The molecule has 0 spiro atoms. The van der Waals surface area contributed by atoms with Gasteiger partial charge >= 0.3 is 0 Å². The average Bonchev–Trinajstić information content (AvgIpc) is 2.63. The van der Waals surface area contributed by atoms with Crippen LogP contribution >= 0.6 is 27.5 Å². The predicted molar refractivity (Wildman–Crippen MR) is 60.3 cm³/mol. The SMILES string of the molecule is Cc1cn(Cc2sncc2Br)nc1N. The molecular formula is C8H9BrN4S. The first-order valence-corrected chi connectivity index (χ1v) is 5.62. The molecular weight excluding hydrogens is 264 g/mol. The van der Waals surface area contributed by atoms with Crippen LogP contribution in [0.25, 0.3) is 0 Å². The summed E-state index contributed by atoms with van der Waals surface area (Å²) in [5.74, 6) is 0.589. The summed E-state index contributed by atoms with van der Waals surface area (Å²) in [6.45, 7) is 2.66. The third-order valence-corrected chi connectivity index (χ3v) is 3.61. The second kappa shape index (κ2) is 3.70. The van der Waals surface area contributed by atoms with Gasteiger partial charge in [0.05, 0.1) is 22.1 Å². The fourth-order valence-electron chi connectivity index (χ4n) is 1.12. The monoisotopic (exact) mass is 272 g/mol. The van der Waals surface area contributed by atoms with E-state index >= 15 is 0 Å². The molecule has 2 heterocycles. The third-order valence-electron chi connectivity index (χ3n) is 1.88. The summed E-state index contributed by atoms with van der Waals surface area (Å²) in [4.78, 5) is 1.15. The summed E-state index contributed by atoms with van der Waals surface area (Å²) in [6, 6.07) is 0. The van der Waals surface area contributed by atoms with E-state index < -0.39 is 0 Å². The Bertz CT molecular complexity index is 428. The topological polar surface area (TPSA) is 56.7 Å². The highest BCUT2D eigenvalue weighted by molar-refractivity contribution is 9.10. The maximum Gasteiger partial charge on any atom is 0.148 e. The van der Waals surface area contributed by atoms with Crippen LogP contribution in [0.3, 0.4) is 0 Å². The van der Waals surface area contributed by atoms with E-state index in [9.17, 15) is 0 Å². The summed E-state index contributed by atoms with van der Waals surface area (Å²) in [7, 11) is 0. The van der Waals surface area contributed by atoms with Gasteiger partial charge in [0.15, 0.2) is 0 Å². The van der Waals surface area contributed by atoms with E-state index in [1.807, 2.05) is 17.8 Å². The Balaban J connectivity index is 2.23. The maximum atomic E-state index is 5.65. The number of aryl methyl sites for hydroxylation is 1. The fraction of sp³-hybridized carbons (Fsp3) is 0.250. The minimum absolute atomic E-state index is 0.589. The van der Waals surface area contributed by atoms with Gasteiger partial charge in [0, 0.05) is 11.8 Å². The molecule has 2 aromatic heterocycles. The number of nitrogens with two attached hydrogens (primary N) is 1. The minimum atomic E-state index is 0.589. The van der Waals surface area contributed by atoms with Gasteiger partial charge in [0.1, 0.15) is 5.82 Å². The van der Waals surface area contributed by atoms with Crippen LogP contribution in [0.2, 0.25) is 0 Å². The highest BCUT2D eigenvalue weighted by Crippen LogP contribution is 2.21. The molecule has 0 saturated heterocycles. The highest BCUT2D eigenvalue weighted by Gasteiger charge is 2.06. The van der Waals surface area contributed by atoms with Crippen molar-refractivity contribution >= 4 is 33.3 Å². The first-order valence-electron chi connectivity index (χ1n) is 4.05. The number of hydrogen-bond acceptors (Lipinski definition) is 4. The summed E-state index contributed by atoms with van der Waals surface area (Å²) >= 11 is 4.89. The Morgan fingerprint density at radius 1 is 1.64 bits per heavy atom. The lowest BCUT2D eigenvalue weighted by atomic mass is 10.4. The molecule has 0 aliphatic heterocycles. The molecule has 0 unspecified atom stereocenters. The van der Waals surface area contributed by atoms with E-state index in [0.717, 1.165) is 14.9 Å². The Morgan fingerprint density at radius 2 is 2.43 bits per heavy atom. The zero-order valence-electron chi connectivity index (χ0n) is 7.57. The zero-order valence-corrected chi connectivity index (χ0v) is 9.97. The van der Waals surface area contributed by atoms with Gasteiger partial charge in [-0.05, 0) is 34.4 Å². The van der Waals surface area contributed by atoms with Crippen molar-refractivity contribution < 1.29 is 0 Å². The van der Waals surface area contributed by atoms with E-state index in [0.29, 0.717) is 12.4 Å². The average molecular weight is 273 g/mol. The molecule has 2 aromatic rings. The van der Waals surface area contributed by atoms with Gasteiger partial charge in [-0.3, -0.25) is 4.68 Å². The molecule has 0 atom stereocenters. The predicted octanol–water partition coefficient (Wildman–Crippen LogP) is 2.04. The van der Waals surface area contributed by atoms with Crippen LogP contribution < -0.4 is 5.73 Å². The zero-order chi connectivity index (χ0) is 10.1. The van der Waals surface area contributed by atoms with Crippen LogP contribution in [-0.2, 0) is 6.54 Å². The lowest BCUT2D eigenvalue weighted by Gasteiger charge is -1.97. The van der Waals surface area contributed by atoms with Gasteiger partial charge in [0.2, 0.25) is 0 Å². The quantitative estimate of drug-likeness (QED) is 0.911. The summed E-state index contributed by atoms with van der Waals surface area (Å²) in [5.41, 5.74) is 6.66. The van der Waals surface area contributed by atoms with E-state index in [4.69, 9.17) is 5.73 Å². The standard InChI is InChI=1S/C8H9BrN4S/c1-5-3-13(12-8(5)10)4-7-6(9)2-11-14-7/h2-3H,4H2,1H3,(H2,10,12). The first-order chi connectivity index (χ1) is 6.66. The number of rotatable bonds is 2. The summed E-state index contributed by atoms with van der Waals surface area (Å²) < 4.78 is 6.91. The molecule has 6 heteroatoms. The molecule has 4 nitrogen and oxygen atoms in total. The van der Waals surface area contributed by atoms with Gasteiger partial charge < -0.3 is 5.73 Å². The molecule has 0 aromatic carbocycles. The van der Waals surface area contributed by atoms with Crippen molar-refractivity contribution in [2.24, 2.45) is 0 Å². The molecule has 2 N–H and O–H groups in total. The van der Waals surface area contributed by atoms with Crippen molar-refractivity contribution in [1.82, 2.24) is 14.2 Å². The minimum Gasteiger partial charge on any atom is -0.382 e. The Kier molecular flexibility index (Phi) is 2.56. The number of aromatic nitrogens is 3. The molecule has 0 radical (unpaired) electrons. The fourth-order valence-corrected chi connectivity index (χ4v) is 2.32. The van der Waals surface area contributed by atoms with Gasteiger partial charge in [-0.25, -0.2) is 0 Å². The highest BCUT2D eigenvalue weighted by atomic mass is 79.9. The molecule has 0 amide bonds. The number of hydrogen-bond donors (Lipinski definition) is 1. The lowest BCUT2D eigenvalue weighted by Crippen LogP contribution is -1.99. The van der Waals surface area contributed by atoms with E-state index in [1.165, 1.54) is 11.5 Å². The molecule has 74 valence electrons. The van der Waals surface area contributed by atoms with E-state index in [1.54, 1.807) is 6.20 Å². The summed E-state index contributed by atoms with van der Waals surface area (Å²) in [5, 5.41) is 4.18. The van der Waals surface area contributed by atoms with Crippen LogP contribution in [0.4, 0.5) is 5.82 Å². The van der Waals surface area contributed by atoms with E-state index in [-0.39, 0.29) is 0 Å². The van der Waals surface area contributed by atoms with Crippen molar-refractivity contribution in [2.45, 2.75) is 13.5 Å². The van der Waals surface area contributed by atoms with Crippen LogP contribution in [0.5, 0.6) is 0 Å². The molecule has 0 bridgehead atoms. The summed E-state index contributed by atoms with van der Waals surface area (Å²) in [6.07, 6.45) is 3.72. The number of anilines is 1. The van der Waals surface area contributed by atoms with Crippen LogP contribution in [0.1, 0.15) is 10.4 Å². The van der Waals surface area contributed by atoms with Crippen LogP contribution in [0, 0.1) is 6.92 Å². The molecule has 0 aliphatic rings. The Labute approximate surface area is 94.0 Å². The second-order valence-electron chi connectivity index (χ2n) is 2.99. The lowest BCUT2D eigenvalue weighted by molar-refractivity contribution is 0.696. The number of nitrogen functional groups attached to an aromatic ring is 1. The number of halogens is 1. The largest absolute Gasteiger partial charge is 0.382 e. The normalized spacial score (nSPS) is 10.7. The van der Waals surface area contributed by atoms with Crippen LogP contribution in [-0.4, -0.2) is 14.2 Å². The Hall–Kier alpha value is -0.880. The molecule has 0 aliphatic carbocycles. The Morgan fingerprint density at radius 3 is 2.93 bits per heavy atom. The van der Waals surface area contributed by atoms with Gasteiger partial charge in [-0.1, -0.05) is 0 Å². The van der Waals surface area contributed by atoms with Crippen molar-refractivity contribution in [3.63, 3.8) is 0 Å². The molecule has 0 saturated carbocycles. The molecule has 0 fully saturated rings. The van der Waals surface area contributed by atoms with E-state index in [2.05, 4.69) is 25.4 Å². The van der Waals surface area contributed by atoms with Gasteiger partial charge in [-0.15, -0.1) is 0 Å². The number of nitrogens with zero attached hydrogens (tertiary/aromatic N) is 3. The second-order valence-corrected chi connectivity index (χ2v) is 4.73. The van der Waals surface area contributed by atoms with Crippen LogP contribution in [0.15, 0.2) is 16.9 Å². The third kappa shape index (κ3) is 1.80. The first kappa shape index (κ1) is 9.67. The van der Waals surface area contributed by atoms with Crippen molar-refractivity contribution in [3.05, 3.63) is 27.3 Å². The van der Waals surface area contributed by atoms with Gasteiger partial charge in [-0.2, -0.15) is 9.47 Å². The van der Waals surface area contributed by atoms with Gasteiger partial charge in [0.25, 0.3) is 0 Å². The molecule has 14 heavy (non-hydrogen) atoms. The molecule has 2 rings (SSSR count). The smallest absolute Gasteiger partial charge is 0.148 e. The maximum absolute atomic E-state index is 5.65.